The fourth-order valence-electron chi connectivity index (χ4n) is 4.56. The van der Waals surface area contributed by atoms with Gasteiger partial charge in [0.25, 0.3) is 0 Å². The van der Waals surface area contributed by atoms with Gasteiger partial charge in [-0.15, -0.1) is 0 Å². The van der Waals surface area contributed by atoms with Gasteiger partial charge in [-0.1, -0.05) is 46.8 Å². The number of hydrogen-bond donors (Lipinski definition) is 0. The molecule has 0 bridgehead atoms. The van der Waals surface area contributed by atoms with E-state index < -0.39 is 0 Å². The second kappa shape index (κ2) is 11.9. The van der Waals surface area contributed by atoms with E-state index in [2.05, 4.69) is 59.7 Å². The number of rotatable bonds is 13. The summed E-state index contributed by atoms with van der Waals surface area (Å²) in [6.45, 7) is 11.2. The van der Waals surface area contributed by atoms with Crippen LogP contribution < -0.4 is 4.84 Å². The molecule has 1 aromatic rings. The van der Waals surface area contributed by atoms with E-state index in [0.29, 0.717) is 30.5 Å². The molecule has 0 aromatic heterocycles. The third-order valence-corrected chi connectivity index (χ3v) is 5.89. The summed E-state index contributed by atoms with van der Waals surface area (Å²) in [4.78, 5) is 31.7. The monoisotopic (exact) mass is 420 g/mol. The van der Waals surface area contributed by atoms with Crippen LogP contribution in [-0.4, -0.2) is 50.1 Å². The van der Waals surface area contributed by atoms with Crippen molar-refractivity contribution in [2.24, 2.45) is 17.8 Å². The summed E-state index contributed by atoms with van der Waals surface area (Å²) >= 11 is 0. The molecule has 0 heterocycles. The Morgan fingerprint density at radius 1 is 1.20 bits per heavy atom. The van der Waals surface area contributed by atoms with Crippen molar-refractivity contribution in [2.45, 2.75) is 59.4 Å². The standard InChI is InChI=1S/C24H40N2O4/c1-9-24(19(4)5,25(6)7)21-11-10-12-22(15-21)30-26(17-27)16-20(13-18(2)3)14-23(28)29-8/h10-12,15,17-20H,9,13-14,16H2,1-8H3/t20-,24?/m0/s1. The summed E-state index contributed by atoms with van der Waals surface area (Å²) in [6.07, 6.45) is 2.69. The summed E-state index contributed by atoms with van der Waals surface area (Å²) in [5.74, 6) is 1.10. The summed E-state index contributed by atoms with van der Waals surface area (Å²) in [6, 6.07) is 7.94. The van der Waals surface area contributed by atoms with Gasteiger partial charge >= 0.3 is 5.97 Å². The number of nitrogens with zero attached hydrogens (tertiary/aromatic N) is 2. The van der Waals surface area contributed by atoms with E-state index in [1.807, 2.05) is 18.2 Å². The van der Waals surface area contributed by atoms with Crippen LogP contribution in [0.4, 0.5) is 0 Å². The average Bonchev–Trinajstić information content (AvgIpc) is 2.67. The molecule has 0 saturated carbocycles. The molecule has 0 radical (unpaired) electrons. The highest BCUT2D eigenvalue weighted by Crippen LogP contribution is 2.39. The molecule has 170 valence electrons. The van der Waals surface area contributed by atoms with Crippen LogP contribution in [0, 0.1) is 17.8 Å². The van der Waals surface area contributed by atoms with Crippen LogP contribution in [0.2, 0.25) is 0 Å². The molecule has 0 aliphatic carbocycles. The number of esters is 1. The van der Waals surface area contributed by atoms with Crippen molar-refractivity contribution in [3.05, 3.63) is 29.8 Å². The summed E-state index contributed by atoms with van der Waals surface area (Å²) in [5.41, 5.74) is 1.03. The van der Waals surface area contributed by atoms with Crippen molar-refractivity contribution in [3.8, 4) is 5.75 Å². The number of hydrogen-bond acceptors (Lipinski definition) is 5. The van der Waals surface area contributed by atoms with E-state index in [1.54, 1.807) is 0 Å². The van der Waals surface area contributed by atoms with Crippen molar-refractivity contribution >= 4 is 12.4 Å². The fourth-order valence-corrected chi connectivity index (χ4v) is 4.56. The first-order valence-corrected chi connectivity index (χ1v) is 10.8. The van der Waals surface area contributed by atoms with Gasteiger partial charge in [-0.25, -0.2) is 0 Å². The minimum Gasteiger partial charge on any atom is -0.469 e. The molecule has 2 atom stereocenters. The second-order valence-electron chi connectivity index (χ2n) is 8.93. The van der Waals surface area contributed by atoms with Crippen molar-refractivity contribution in [2.75, 3.05) is 27.7 Å². The molecule has 1 amide bonds. The Morgan fingerprint density at radius 3 is 2.33 bits per heavy atom. The van der Waals surface area contributed by atoms with Crippen LogP contribution in [0.5, 0.6) is 5.75 Å². The fraction of sp³-hybridized carbons (Fsp3) is 0.667. The molecule has 1 aromatic carbocycles. The Hall–Kier alpha value is -2.08. The molecule has 0 aliphatic heterocycles. The topological polar surface area (TPSA) is 59.1 Å². The number of amides is 1. The summed E-state index contributed by atoms with van der Waals surface area (Å²) in [5, 5.41) is 1.29. The van der Waals surface area contributed by atoms with E-state index in [4.69, 9.17) is 9.57 Å². The quantitative estimate of drug-likeness (QED) is 0.267. The largest absolute Gasteiger partial charge is 0.469 e. The molecule has 6 nitrogen and oxygen atoms in total. The van der Waals surface area contributed by atoms with Crippen molar-refractivity contribution in [1.82, 2.24) is 9.96 Å². The molecule has 0 N–H and O–H groups in total. The molecule has 1 unspecified atom stereocenters. The van der Waals surface area contributed by atoms with Gasteiger partial charge in [0.05, 0.1) is 20.1 Å². The zero-order valence-corrected chi connectivity index (χ0v) is 20.0. The SMILES string of the molecule is CCC(c1cccc(ON(C=O)C[C@H](CC(=O)OC)CC(C)C)c1)(C(C)C)N(C)C. The Bertz CT molecular complexity index is 665. The number of benzene rings is 1. The lowest BCUT2D eigenvalue weighted by molar-refractivity contribution is -0.149. The van der Waals surface area contributed by atoms with Crippen molar-refractivity contribution in [1.29, 1.82) is 0 Å². The number of carbonyl (C=O) groups excluding carboxylic acids is 2. The van der Waals surface area contributed by atoms with Gasteiger partial charge in [-0.2, -0.15) is 5.06 Å². The van der Waals surface area contributed by atoms with Gasteiger partial charge in [-0.3, -0.25) is 14.5 Å². The number of carbonyl (C=O) groups is 2. The lowest BCUT2D eigenvalue weighted by atomic mass is 9.76. The Morgan fingerprint density at radius 2 is 1.87 bits per heavy atom. The van der Waals surface area contributed by atoms with Gasteiger partial charge in [-0.05, 0) is 62.4 Å². The highest BCUT2D eigenvalue weighted by Gasteiger charge is 2.36. The summed E-state index contributed by atoms with van der Waals surface area (Å²) in [7, 11) is 5.57. The van der Waals surface area contributed by atoms with Gasteiger partial charge < -0.3 is 9.57 Å². The number of hydroxylamine groups is 2. The van der Waals surface area contributed by atoms with Gasteiger partial charge in [0.15, 0.2) is 5.75 Å². The molecular formula is C24H40N2O4. The minimum atomic E-state index is -0.274. The predicted octanol–water partition coefficient (Wildman–Crippen LogP) is 4.49. The summed E-state index contributed by atoms with van der Waals surface area (Å²) < 4.78 is 4.81. The number of methoxy groups -OCH3 is 1. The molecule has 0 saturated heterocycles. The Balaban J connectivity index is 3.08. The van der Waals surface area contributed by atoms with E-state index in [9.17, 15) is 9.59 Å². The maximum absolute atomic E-state index is 11.8. The van der Waals surface area contributed by atoms with E-state index in [0.717, 1.165) is 18.4 Å². The van der Waals surface area contributed by atoms with Gasteiger partial charge in [0.1, 0.15) is 0 Å². The van der Waals surface area contributed by atoms with Crippen molar-refractivity contribution in [3.63, 3.8) is 0 Å². The lowest BCUT2D eigenvalue weighted by Gasteiger charge is -2.43. The maximum Gasteiger partial charge on any atom is 0.305 e. The minimum absolute atomic E-state index is 0.0296. The van der Waals surface area contributed by atoms with Crippen molar-refractivity contribution < 1.29 is 19.2 Å². The zero-order valence-electron chi connectivity index (χ0n) is 20.0. The molecule has 0 fully saturated rings. The lowest BCUT2D eigenvalue weighted by Crippen LogP contribution is -2.45. The number of ether oxygens (including phenoxy) is 1. The van der Waals surface area contributed by atoms with Crippen LogP contribution >= 0.6 is 0 Å². The first-order valence-electron chi connectivity index (χ1n) is 10.8. The Kier molecular flexibility index (Phi) is 10.3. The van der Waals surface area contributed by atoms with Crippen LogP contribution in [-0.2, 0) is 19.9 Å². The van der Waals surface area contributed by atoms with E-state index in [-0.39, 0.29) is 23.8 Å². The smallest absolute Gasteiger partial charge is 0.305 e. The predicted molar refractivity (Wildman–Crippen MR) is 120 cm³/mol. The van der Waals surface area contributed by atoms with Crippen LogP contribution in [0.25, 0.3) is 0 Å². The first kappa shape index (κ1) is 26.0. The highest BCUT2D eigenvalue weighted by atomic mass is 16.7. The molecule has 0 aliphatic rings. The molecule has 30 heavy (non-hydrogen) atoms. The third kappa shape index (κ3) is 6.73. The first-order chi connectivity index (χ1) is 14.1. The van der Waals surface area contributed by atoms with Crippen LogP contribution in [0.15, 0.2) is 24.3 Å². The molecule has 1 rings (SSSR count). The molecule has 6 heteroatoms. The molecule has 0 spiro atoms. The van der Waals surface area contributed by atoms with E-state index >= 15 is 0 Å². The van der Waals surface area contributed by atoms with E-state index in [1.165, 1.54) is 12.2 Å². The third-order valence-electron chi connectivity index (χ3n) is 5.89. The molecular weight excluding hydrogens is 380 g/mol. The average molecular weight is 421 g/mol. The second-order valence-corrected chi connectivity index (χ2v) is 8.93. The van der Waals surface area contributed by atoms with Crippen LogP contribution in [0.3, 0.4) is 0 Å². The zero-order chi connectivity index (χ0) is 22.9. The highest BCUT2D eigenvalue weighted by molar-refractivity contribution is 5.69. The normalized spacial score (nSPS) is 14.5. The Labute approximate surface area is 182 Å². The maximum atomic E-state index is 11.8. The van der Waals surface area contributed by atoms with Crippen LogP contribution in [0.1, 0.15) is 59.4 Å². The van der Waals surface area contributed by atoms with Gasteiger partial charge in [0.2, 0.25) is 6.41 Å². The van der Waals surface area contributed by atoms with Gasteiger partial charge in [0, 0.05) is 5.54 Å².